The Balaban J connectivity index is 2.22. The minimum absolute atomic E-state index is 0.333. The molecular formula is C14H16BrFN2O2. The van der Waals surface area contributed by atoms with E-state index in [1.807, 2.05) is 11.8 Å². The van der Waals surface area contributed by atoms with Crippen LogP contribution in [-0.2, 0) is 9.53 Å². The normalized spacial score (nSPS) is 18.1. The maximum absolute atomic E-state index is 13.6. The Labute approximate surface area is 125 Å². The van der Waals surface area contributed by atoms with E-state index in [2.05, 4.69) is 20.9 Å². The molecule has 1 atom stereocenters. The van der Waals surface area contributed by atoms with E-state index in [4.69, 9.17) is 4.74 Å². The predicted octanol–water partition coefficient (Wildman–Crippen LogP) is 3.15. The summed E-state index contributed by atoms with van der Waals surface area (Å²) in [5.74, 6) is 0.0980. The molecule has 6 heteroatoms. The zero-order valence-corrected chi connectivity index (χ0v) is 13.0. The van der Waals surface area contributed by atoms with Crippen LogP contribution in [0.25, 0.3) is 0 Å². The lowest BCUT2D eigenvalue weighted by molar-refractivity contribution is -0.144. The Morgan fingerprint density at radius 2 is 2.30 bits per heavy atom. The number of nitrogens with zero attached hydrogens (tertiary/aromatic N) is 2. The van der Waals surface area contributed by atoms with Crippen LogP contribution in [0.15, 0.2) is 27.7 Å². The summed E-state index contributed by atoms with van der Waals surface area (Å²) in [4.78, 5) is 18.0. The van der Waals surface area contributed by atoms with Crippen molar-refractivity contribution in [2.45, 2.75) is 26.3 Å². The zero-order chi connectivity index (χ0) is 14.7. The number of anilines is 1. The average Bonchev–Trinajstić information content (AvgIpc) is 2.86. The van der Waals surface area contributed by atoms with Gasteiger partial charge in [0, 0.05) is 12.1 Å². The van der Waals surface area contributed by atoms with Crippen LogP contribution < -0.4 is 4.90 Å². The summed E-state index contributed by atoms with van der Waals surface area (Å²) in [5, 5.41) is 0. The summed E-state index contributed by atoms with van der Waals surface area (Å²) < 4.78 is 19.0. The molecule has 1 heterocycles. The van der Waals surface area contributed by atoms with E-state index < -0.39 is 6.04 Å². The third kappa shape index (κ3) is 3.00. The number of halogens is 2. The van der Waals surface area contributed by atoms with Crippen molar-refractivity contribution in [3.63, 3.8) is 0 Å². The number of hydrogen-bond donors (Lipinski definition) is 0. The third-order valence-electron chi connectivity index (χ3n) is 3.06. The molecule has 0 aromatic heterocycles. The van der Waals surface area contributed by atoms with E-state index in [9.17, 15) is 9.18 Å². The van der Waals surface area contributed by atoms with Crippen LogP contribution in [0.4, 0.5) is 10.1 Å². The minimum Gasteiger partial charge on any atom is -0.464 e. The number of carbonyl (C=O) groups excluding carboxylic acids is 1. The van der Waals surface area contributed by atoms with E-state index in [-0.39, 0.29) is 11.8 Å². The second-order valence-corrected chi connectivity index (χ2v) is 5.23. The van der Waals surface area contributed by atoms with Crippen molar-refractivity contribution < 1.29 is 13.9 Å². The second kappa shape index (κ2) is 6.35. The molecule has 1 unspecified atom stereocenters. The Bertz CT molecular complexity index is 548. The molecule has 0 fully saturated rings. The number of carbonyl (C=O) groups is 1. The standard InChI is InChI=1S/C14H16BrFN2O2/c1-3-13-17-12(14(19)20-4-2)8-18(13)9-5-6-10(15)11(16)7-9/h5-7,12H,3-4,8H2,1-2H3. The van der Waals surface area contributed by atoms with Gasteiger partial charge in [-0.05, 0) is 41.1 Å². The molecule has 0 aliphatic carbocycles. The van der Waals surface area contributed by atoms with Gasteiger partial charge in [-0.3, -0.25) is 4.99 Å². The van der Waals surface area contributed by atoms with Crippen LogP contribution >= 0.6 is 15.9 Å². The SMILES string of the molecule is CCOC(=O)C1CN(c2ccc(Br)c(F)c2)C(CC)=N1. The summed E-state index contributed by atoms with van der Waals surface area (Å²) in [7, 11) is 0. The molecule has 108 valence electrons. The first-order chi connectivity index (χ1) is 9.56. The number of benzene rings is 1. The number of hydrogen-bond acceptors (Lipinski definition) is 4. The highest BCUT2D eigenvalue weighted by Gasteiger charge is 2.31. The summed E-state index contributed by atoms with van der Waals surface area (Å²) in [6.45, 7) is 4.44. The molecule has 0 bridgehead atoms. The van der Waals surface area contributed by atoms with Crippen molar-refractivity contribution in [3.05, 3.63) is 28.5 Å². The molecular weight excluding hydrogens is 327 g/mol. The molecule has 0 spiro atoms. The number of rotatable bonds is 4. The van der Waals surface area contributed by atoms with Gasteiger partial charge in [0.1, 0.15) is 11.7 Å². The number of ether oxygens (including phenoxy) is 1. The van der Waals surface area contributed by atoms with Crippen molar-refractivity contribution in [1.82, 2.24) is 0 Å². The van der Waals surface area contributed by atoms with Crippen LogP contribution in [0.1, 0.15) is 20.3 Å². The fourth-order valence-electron chi connectivity index (χ4n) is 2.12. The molecule has 20 heavy (non-hydrogen) atoms. The van der Waals surface area contributed by atoms with Gasteiger partial charge in [-0.2, -0.15) is 0 Å². The highest BCUT2D eigenvalue weighted by molar-refractivity contribution is 9.10. The van der Waals surface area contributed by atoms with Gasteiger partial charge < -0.3 is 9.64 Å². The molecule has 4 nitrogen and oxygen atoms in total. The lowest BCUT2D eigenvalue weighted by Gasteiger charge is -2.20. The summed E-state index contributed by atoms with van der Waals surface area (Å²) >= 11 is 3.13. The van der Waals surface area contributed by atoms with Crippen molar-refractivity contribution >= 4 is 33.4 Å². The van der Waals surface area contributed by atoms with Gasteiger partial charge >= 0.3 is 5.97 Å². The van der Waals surface area contributed by atoms with Gasteiger partial charge in [-0.25, -0.2) is 9.18 Å². The maximum atomic E-state index is 13.6. The van der Waals surface area contributed by atoms with Crippen LogP contribution in [0, 0.1) is 5.82 Å². The zero-order valence-electron chi connectivity index (χ0n) is 11.4. The Morgan fingerprint density at radius 1 is 1.55 bits per heavy atom. The van der Waals surface area contributed by atoms with E-state index in [1.165, 1.54) is 6.07 Å². The van der Waals surface area contributed by atoms with Gasteiger partial charge in [-0.15, -0.1) is 0 Å². The van der Waals surface area contributed by atoms with Crippen LogP contribution in [0.2, 0.25) is 0 Å². The molecule has 0 N–H and O–H groups in total. The average molecular weight is 343 g/mol. The summed E-state index contributed by atoms with van der Waals surface area (Å²) in [6.07, 6.45) is 0.674. The Hall–Kier alpha value is -1.43. The highest BCUT2D eigenvalue weighted by atomic mass is 79.9. The Kier molecular flexibility index (Phi) is 4.75. The molecule has 0 amide bonds. The van der Waals surface area contributed by atoms with E-state index >= 15 is 0 Å². The third-order valence-corrected chi connectivity index (χ3v) is 3.70. The fourth-order valence-corrected chi connectivity index (χ4v) is 2.37. The van der Waals surface area contributed by atoms with Crippen molar-refractivity contribution in [2.24, 2.45) is 4.99 Å². The number of esters is 1. The first-order valence-corrected chi connectivity index (χ1v) is 7.32. The lowest BCUT2D eigenvalue weighted by Crippen LogP contribution is -2.32. The molecule has 2 rings (SSSR count). The van der Waals surface area contributed by atoms with E-state index in [1.54, 1.807) is 19.1 Å². The monoisotopic (exact) mass is 342 g/mol. The minimum atomic E-state index is -0.531. The second-order valence-electron chi connectivity index (χ2n) is 4.38. The van der Waals surface area contributed by atoms with Gasteiger partial charge in [-0.1, -0.05) is 6.92 Å². The molecule has 1 aliphatic rings. The van der Waals surface area contributed by atoms with Gasteiger partial charge in [0.15, 0.2) is 6.04 Å². The van der Waals surface area contributed by atoms with Crippen LogP contribution in [-0.4, -0.2) is 31.0 Å². The van der Waals surface area contributed by atoms with Crippen LogP contribution in [0.3, 0.4) is 0 Å². The van der Waals surface area contributed by atoms with Crippen molar-refractivity contribution in [1.29, 1.82) is 0 Å². The number of aliphatic imine (C=N–C) groups is 1. The highest BCUT2D eigenvalue weighted by Crippen LogP contribution is 2.26. The summed E-state index contributed by atoms with van der Waals surface area (Å²) in [6, 6.07) is 4.35. The van der Waals surface area contributed by atoms with Gasteiger partial charge in [0.2, 0.25) is 0 Å². The first kappa shape index (κ1) is 15.0. The molecule has 0 radical (unpaired) electrons. The molecule has 0 saturated heterocycles. The van der Waals surface area contributed by atoms with E-state index in [0.29, 0.717) is 29.7 Å². The predicted molar refractivity (Wildman–Crippen MR) is 79.6 cm³/mol. The van der Waals surface area contributed by atoms with Crippen molar-refractivity contribution in [2.75, 3.05) is 18.1 Å². The number of amidine groups is 1. The topological polar surface area (TPSA) is 41.9 Å². The molecule has 1 aromatic carbocycles. The fraction of sp³-hybridized carbons (Fsp3) is 0.429. The van der Waals surface area contributed by atoms with Gasteiger partial charge in [0.05, 0.1) is 17.6 Å². The molecule has 0 saturated carbocycles. The smallest absolute Gasteiger partial charge is 0.332 e. The molecule has 1 aromatic rings. The van der Waals surface area contributed by atoms with Gasteiger partial charge in [0.25, 0.3) is 0 Å². The summed E-state index contributed by atoms with van der Waals surface area (Å²) in [5.41, 5.74) is 0.693. The van der Waals surface area contributed by atoms with E-state index in [0.717, 1.165) is 5.84 Å². The maximum Gasteiger partial charge on any atom is 0.332 e. The molecule has 1 aliphatic heterocycles. The first-order valence-electron chi connectivity index (χ1n) is 6.52. The Morgan fingerprint density at radius 3 is 2.90 bits per heavy atom. The van der Waals surface area contributed by atoms with Crippen LogP contribution in [0.5, 0.6) is 0 Å². The largest absolute Gasteiger partial charge is 0.464 e. The quantitative estimate of drug-likeness (QED) is 0.789. The lowest BCUT2D eigenvalue weighted by atomic mass is 10.2. The van der Waals surface area contributed by atoms with Crippen molar-refractivity contribution in [3.8, 4) is 0 Å².